The highest BCUT2D eigenvalue weighted by Gasteiger charge is 2.06. The number of hydrogen-bond acceptors (Lipinski definition) is 2. The summed E-state index contributed by atoms with van der Waals surface area (Å²) >= 11 is 0. The van der Waals surface area contributed by atoms with Crippen LogP contribution in [0, 0.1) is 0 Å². The lowest BCUT2D eigenvalue weighted by Crippen LogP contribution is -2.30. The van der Waals surface area contributed by atoms with E-state index >= 15 is 0 Å². The quantitative estimate of drug-likeness (QED) is 0.641. The van der Waals surface area contributed by atoms with Crippen molar-refractivity contribution in [2.24, 2.45) is 0 Å². The predicted molar refractivity (Wildman–Crippen MR) is 53.8 cm³/mol. The third-order valence-corrected chi connectivity index (χ3v) is 2.12. The molecule has 3 nitrogen and oxygen atoms in total. The van der Waals surface area contributed by atoms with Gasteiger partial charge in [0.05, 0.1) is 6.54 Å². The van der Waals surface area contributed by atoms with Crippen LogP contribution in [-0.2, 0) is 4.79 Å². The highest BCUT2D eigenvalue weighted by Crippen LogP contribution is 2.01. The van der Waals surface area contributed by atoms with Crippen LogP contribution in [0.4, 0.5) is 0 Å². The van der Waals surface area contributed by atoms with Crippen molar-refractivity contribution in [3.63, 3.8) is 0 Å². The van der Waals surface area contributed by atoms with Gasteiger partial charge >= 0.3 is 5.97 Å². The van der Waals surface area contributed by atoms with E-state index in [9.17, 15) is 4.79 Å². The molecule has 0 aliphatic carbocycles. The van der Waals surface area contributed by atoms with Gasteiger partial charge in [-0.25, -0.2) is 0 Å². The van der Waals surface area contributed by atoms with Crippen LogP contribution in [0.5, 0.6) is 0 Å². The van der Waals surface area contributed by atoms with Gasteiger partial charge in [0.1, 0.15) is 0 Å². The highest BCUT2D eigenvalue weighted by atomic mass is 16.4. The molecule has 0 atom stereocenters. The highest BCUT2D eigenvalue weighted by molar-refractivity contribution is 5.69. The Hall–Kier alpha value is -0.830. The first-order chi connectivity index (χ1) is 6.10. The van der Waals surface area contributed by atoms with Crippen LogP contribution >= 0.6 is 0 Å². The Morgan fingerprint density at radius 1 is 1.54 bits per heavy atom. The van der Waals surface area contributed by atoms with Gasteiger partial charge in [0.15, 0.2) is 0 Å². The molecule has 0 amide bonds. The van der Waals surface area contributed by atoms with E-state index in [4.69, 9.17) is 5.11 Å². The van der Waals surface area contributed by atoms with Gasteiger partial charge in [-0.2, -0.15) is 0 Å². The van der Waals surface area contributed by atoms with E-state index in [1.807, 2.05) is 18.7 Å². The van der Waals surface area contributed by atoms with Gasteiger partial charge in [-0.15, -0.1) is 0 Å². The molecule has 0 rings (SSSR count). The number of hydrogen-bond donors (Lipinski definition) is 1. The monoisotopic (exact) mass is 185 g/mol. The Labute approximate surface area is 80.0 Å². The Bertz CT molecular complexity index is 187. The van der Waals surface area contributed by atoms with Gasteiger partial charge in [0, 0.05) is 6.54 Å². The summed E-state index contributed by atoms with van der Waals surface area (Å²) in [5.74, 6) is -0.750. The fourth-order valence-electron chi connectivity index (χ4n) is 1.02. The molecule has 76 valence electrons. The zero-order valence-electron chi connectivity index (χ0n) is 8.71. The second-order valence-electron chi connectivity index (χ2n) is 3.15. The third kappa shape index (κ3) is 6.34. The molecule has 0 saturated heterocycles. The maximum atomic E-state index is 10.4. The zero-order valence-corrected chi connectivity index (χ0v) is 8.71. The molecule has 0 aliphatic heterocycles. The van der Waals surface area contributed by atoms with Crippen molar-refractivity contribution >= 4 is 5.97 Å². The van der Waals surface area contributed by atoms with Crippen molar-refractivity contribution < 1.29 is 9.90 Å². The Balaban J connectivity index is 3.78. The lowest BCUT2D eigenvalue weighted by atomic mass is 10.2. The van der Waals surface area contributed by atoms with Crippen molar-refractivity contribution in [1.82, 2.24) is 4.90 Å². The molecule has 0 fully saturated rings. The van der Waals surface area contributed by atoms with Gasteiger partial charge in [-0.1, -0.05) is 18.6 Å². The minimum atomic E-state index is -0.750. The molecule has 0 unspecified atom stereocenters. The van der Waals surface area contributed by atoms with E-state index in [2.05, 4.69) is 13.0 Å². The fraction of sp³-hybridized carbons (Fsp3) is 0.700. The summed E-state index contributed by atoms with van der Waals surface area (Å²) in [5, 5.41) is 8.58. The standard InChI is InChI=1S/C10H19NO2/c1-4-9(3)6-7-11(5-2)8-10(12)13/h4H,5-8H2,1-3H3,(H,12,13)/b9-4-. The SMILES string of the molecule is C/C=C(/C)CCN(CC)CC(=O)O. The number of likely N-dealkylation sites (N-methyl/N-ethyl adjacent to an activating group) is 1. The topological polar surface area (TPSA) is 40.5 Å². The number of rotatable bonds is 6. The minimum Gasteiger partial charge on any atom is -0.480 e. The first-order valence-electron chi connectivity index (χ1n) is 4.66. The molecule has 13 heavy (non-hydrogen) atoms. The normalized spacial score (nSPS) is 12.2. The van der Waals surface area contributed by atoms with Crippen LogP contribution < -0.4 is 0 Å². The average molecular weight is 185 g/mol. The number of allylic oxidation sites excluding steroid dienone is 1. The number of carbonyl (C=O) groups is 1. The van der Waals surface area contributed by atoms with E-state index < -0.39 is 5.97 Å². The van der Waals surface area contributed by atoms with E-state index in [1.165, 1.54) is 5.57 Å². The molecule has 0 aromatic carbocycles. The Morgan fingerprint density at radius 3 is 2.54 bits per heavy atom. The summed E-state index contributed by atoms with van der Waals surface area (Å²) in [4.78, 5) is 12.4. The lowest BCUT2D eigenvalue weighted by molar-refractivity contribution is -0.138. The van der Waals surface area contributed by atoms with E-state index in [-0.39, 0.29) is 6.54 Å². The lowest BCUT2D eigenvalue weighted by Gasteiger charge is -2.17. The molecular formula is C10H19NO2. The second-order valence-corrected chi connectivity index (χ2v) is 3.15. The Kier molecular flexibility index (Phi) is 6.24. The van der Waals surface area contributed by atoms with E-state index in [0.29, 0.717) is 0 Å². The van der Waals surface area contributed by atoms with Gasteiger partial charge in [-0.3, -0.25) is 9.69 Å². The summed E-state index contributed by atoms with van der Waals surface area (Å²) in [7, 11) is 0. The van der Waals surface area contributed by atoms with Gasteiger partial charge < -0.3 is 5.11 Å². The van der Waals surface area contributed by atoms with Crippen LogP contribution in [0.25, 0.3) is 0 Å². The summed E-state index contributed by atoms with van der Waals surface area (Å²) < 4.78 is 0. The first-order valence-corrected chi connectivity index (χ1v) is 4.66. The molecule has 0 aromatic heterocycles. The average Bonchev–Trinajstić information content (AvgIpc) is 2.10. The molecule has 0 bridgehead atoms. The number of carboxylic acids is 1. The molecule has 1 N–H and O–H groups in total. The minimum absolute atomic E-state index is 0.146. The molecule has 0 radical (unpaired) electrons. The predicted octanol–water partition coefficient (Wildman–Crippen LogP) is 1.75. The van der Waals surface area contributed by atoms with Crippen molar-refractivity contribution in [3.8, 4) is 0 Å². The molecule has 0 spiro atoms. The summed E-state index contributed by atoms with van der Waals surface area (Å²) in [6.07, 6.45) is 3.02. The molecule has 0 aliphatic rings. The molecule has 0 aromatic rings. The maximum Gasteiger partial charge on any atom is 0.317 e. The summed E-state index contributed by atoms with van der Waals surface area (Å²) in [6, 6.07) is 0. The molecule has 0 saturated carbocycles. The number of nitrogens with zero attached hydrogens (tertiary/aromatic N) is 1. The number of aliphatic carboxylic acids is 1. The Morgan fingerprint density at radius 2 is 2.15 bits per heavy atom. The van der Waals surface area contributed by atoms with E-state index in [0.717, 1.165) is 19.5 Å². The van der Waals surface area contributed by atoms with Crippen LogP contribution in [0.1, 0.15) is 27.2 Å². The number of carboxylic acid groups (broad SMARTS) is 1. The first kappa shape index (κ1) is 12.2. The van der Waals surface area contributed by atoms with Gasteiger partial charge in [0.2, 0.25) is 0 Å². The van der Waals surface area contributed by atoms with Gasteiger partial charge in [0.25, 0.3) is 0 Å². The second kappa shape index (κ2) is 6.66. The van der Waals surface area contributed by atoms with Crippen LogP contribution in [0.15, 0.2) is 11.6 Å². The fourth-order valence-corrected chi connectivity index (χ4v) is 1.02. The largest absolute Gasteiger partial charge is 0.480 e. The summed E-state index contributed by atoms with van der Waals surface area (Å²) in [5.41, 5.74) is 1.31. The smallest absolute Gasteiger partial charge is 0.317 e. The van der Waals surface area contributed by atoms with Crippen LogP contribution in [0.3, 0.4) is 0 Å². The molecule has 0 heterocycles. The van der Waals surface area contributed by atoms with Gasteiger partial charge in [-0.05, 0) is 26.8 Å². The summed E-state index contributed by atoms with van der Waals surface area (Å²) in [6.45, 7) is 7.82. The molecular weight excluding hydrogens is 166 g/mol. The maximum absolute atomic E-state index is 10.4. The van der Waals surface area contributed by atoms with Crippen LogP contribution in [0.2, 0.25) is 0 Å². The van der Waals surface area contributed by atoms with E-state index in [1.54, 1.807) is 0 Å². The van der Waals surface area contributed by atoms with Crippen molar-refractivity contribution in [2.45, 2.75) is 27.2 Å². The van der Waals surface area contributed by atoms with Crippen molar-refractivity contribution in [1.29, 1.82) is 0 Å². The molecule has 3 heteroatoms. The zero-order chi connectivity index (χ0) is 10.3. The van der Waals surface area contributed by atoms with Crippen molar-refractivity contribution in [3.05, 3.63) is 11.6 Å². The van der Waals surface area contributed by atoms with Crippen LogP contribution in [-0.4, -0.2) is 35.6 Å². The third-order valence-electron chi connectivity index (χ3n) is 2.12. The van der Waals surface area contributed by atoms with Crippen molar-refractivity contribution in [2.75, 3.05) is 19.6 Å².